The molecule has 0 saturated heterocycles. The normalized spacial score (nSPS) is 12.1. The Morgan fingerprint density at radius 3 is 0.860 bits per heavy atom. The predicted molar refractivity (Wildman–Crippen MR) is 243 cm³/mol. The zero-order valence-corrected chi connectivity index (χ0v) is 39.0. The summed E-state index contributed by atoms with van der Waals surface area (Å²) in [7, 11) is 0. The highest BCUT2D eigenvalue weighted by molar-refractivity contribution is 5.71. The molecular formula is C51H98O6. The van der Waals surface area contributed by atoms with Gasteiger partial charge < -0.3 is 14.2 Å². The molecule has 0 rings (SSSR count). The lowest BCUT2D eigenvalue weighted by Crippen LogP contribution is -2.30. The Hall–Kier alpha value is -1.59. The van der Waals surface area contributed by atoms with Gasteiger partial charge in [0, 0.05) is 19.3 Å². The number of carbonyl (C=O) groups is 3. The largest absolute Gasteiger partial charge is 0.462 e. The summed E-state index contributed by atoms with van der Waals surface area (Å²) in [5.41, 5.74) is 0. The van der Waals surface area contributed by atoms with E-state index in [9.17, 15) is 14.4 Å². The Kier molecular flexibility index (Phi) is 42.7. The van der Waals surface area contributed by atoms with Crippen molar-refractivity contribution in [2.75, 3.05) is 13.2 Å². The van der Waals surface area contributed by atoms with E-state index in [-0.39, 0.29) is 31.1 Å². The molecule has 0 amide bonds. The van der Waals surface area contributed by atoms with Crippen molar-refractivity contribution in [3.8, 4) is 0 Å². The van der Waals surface area contributed by atoms with Crippen LogP contribution >= 0.6 is 0 Å². The van der Waals surface area contributed by atoms with Crippen LogP contribution in [0.3, 0.4) is 0 Å². The minimum Gasteiger partial charge on any atom is -0.462 e. The van der Waals surface area contributed by atoms with Crippen molar-refractivity contribution >= 4 is 17.9 Å². The molecule has 0 radical (unpaired) electrons. The summed E-state index contributed by atoms with van der Waals surface area (Å²) in [6.07, 6.45) is 44.1. The highest BCUT2D eigenvalue weighted by atomic mass is 16.6. The summed E-state index contributed by atoms with van der Waals surface area (Å²) in [4.78, 5) is 37.6. The molecule has 0 spiro atoms. The van der Waals surface area contributed by atoms with Crippen LogP contribution in [0.4, 0.5) is 0 Å². The summed E-state index contributed by atoms with van der Waals surface area (Å²) >= 11 is 0. The van der Waals surface area contributed by atoms with Gasteiger partial charge in [-0.15, -0.1) is 0 Å². The van der Waals surface area contributed by atoms with Crippen LogP contribution in [0.2, 0.25) is 0 Å². The van der Waals surface area contributed by atoms with Crippen LogP contribution in [0.1, 0.15) is 279 Å². The van der Waals surface area contributed by atoms with Gasteiger partial charge in [-0.05, 0) is 31.1 Å². The first-order chi connectivity index (χ1) is 27.7. The maximum absolute atomic E-state index is 12.7. The second-order valence-corrected chi connectivity index (χ2v) is 18.4. The van der Waals surface area contributed by atoms with Crippen molar-refractivity contribution < 1.29 is 28.6 Å². The van der Waals surface area contributed by atoms with E-state index in [1.807, 2.05) is 0 Å². The van der Waals surface area contributed by atoms with Gasteiger partial charge in [-0.2, -0.15) is 0 Å². The van der Waals surface area contributed by atoms with Gasteiger partial charge in [0.1, 0.15) is 13.2 Å². The number of esters is 3. The first-order valence-corrected chi connectivity index (χ1v) is 25.2. The van der Waals surface area contributed by atoms with Gasteiger partial charge in [0.25, 0.3) is 0 Å². The van der Waals surface area contributed by atoms with E-state index in [1.165, 1.54) is 161 Å². The Bertz CT molecular complexity index is 870. The van der Waals surface area contributed by atoms with Crippen molar-refractivity contribution in [3.63, 3.8) is 0 Å². The third-order valence-corrected chi connectivity index (χ3v) is 11.5. The maximum atomic E-state index is 12.7. The fourth-order valence-corrected chi connectivity index (χ4v) is 7.64. The van der Waals surface area contributed by atoms with Gasteiger partial charge in [-0.1, -0.05) is 240 Å². The Morgan fingerprint density at radius 1 is 0.333 bits per heavy atom. The SMILES string of the molecule is CCCCCCCC(=O)OC[C@H](COC(=O)CCCCCCCCCCCCCCCCCC(C)C)OC(=O)CCCCCCCCCCCCCCCC(C)C. The average Bonchev–Trinajstić information content (AvgIpc) is 3.18. The van der Waals surface area contributed by atoms with Crippen molar-refractivity contribution in [1.82, 2.24) is 0 Å². The minimum absolute atomic E-state index is 0.0647. The van der Waals surface area contributed by atoms with Gasteiger partial charge in [0.2, 0.25) is 0 Å². The molecule has 0 aliphatic carbocycles. The van der Waals surface area contributed by atoms with Crippen LogP contribution in [0.15, 0.2) is 0 Å². The quantitative estimate of drug-likeness (QED) is 0.0346. The van der Waals surface area contributed by atoms with Gasteiger partial charge >= 0.3 is 17.9 Å². The van der Waals surface area contributed by atoms with Gasteiger partial charge in [-0.25, -0.2) is 0 Å². The predicted octanol–water partition coefficient (Wildman–Crippen LogP) is 16.1. The molecule has 0 aliphatic rings. The topological polar surface area (TPSA) is 78.9 Å². The van der Waals surface area contributed by atoms with E-state index in [1.54, 1.807) is 0 Å². The summed E-state index contributed by atoms with van der Waals surface area (Å²) < 4.78 is 16.7. The third-order valence-electron chi connectivity index (χ3n) is 11.5. The second kappa shape index (κ2) is 44.0. The lowest BCUT2D eigenvalue weighted by atomic mass is 10.0. The minimum atomic E-state index is -0.759. The highest BCUT2D eigenvalue weighted by Crippen LogP contribution is 2.17. The standard InChI is InChI=1S/C51H98O6/c1-6-7-8-29-36-41-49(52)55-44-48(57-51(54)43-38-33-28-24-20-16-12-14-18-22-26-31-35-40-47(4)5)45-56-50(53)42-37-32-27-23-19-15-11-9-10-13-17-21-25-30-34-39-46(2)3/h46-48H,6-45H2,1-5H3/t48-/m1/s1. The summed E-state index contributed by atoms with van der Waals surface area (Å²) in [5.74, 6) is 0.824. The van der Waals surface area contributed by atoms with Gasteiger partial charge in [-0.3, -0.25) is 14.4 Å². The molecule has 0 aromatic heterocycles. The zero-order valence-electron chi connectivity index (χ0n) is 39.0. The molecule has 6 heteroatoms. The summed E-state index contributed by atoms with van der Waals surface area (Å²) in [6, 6.07) is 0. The number of hydrogen-bond donors (Lipinski definition) is 0. The molecule has 1 atom stereocenters. The number of ether oxygens (including phenoxy) is 3. The molecule has 0 heterocycles. The van der Waals surface area contributed by atoms with Crippen LogP contribution in [0, 0.1) is 11.8 Å². The van der Waals surface area contributed by atoms with Crippen LogP contribution in [-0.4, -0.2) is 37.2 Å². The van der Waals surface area contributed by atoms with E-state index >= 15 is 0 Å². The number of carbonyl (C=O) groups excluding carboxylic acids is 3. The third kappa shape index (κ3) is 45.3. The fourth-order valence-electron chi connectivity index (χ4n) is 7.64. The fraction of sp³-hybridized carbons (Fsp3) is 0.941. The lowest BCUT2D eigenvalue weighted by Gasteiger charge is -2.18. The van der Waals surface area contributed by atoms with E-state index in [2.05, 4.69) is 34.6 Å². The molecule has 0 bridgehead atoms. The number of rotatable bonds is 45. The number of hydrogen-bond acceptors (Lipinski definition) is 6. The average molecular weight is 807 g/mol. The van der Waals surface area contributed by atoms with Crippen molar-refractivity contribution in [2.24, 2.45) is 11.8 Å². The smallest absolute Gasteiger partial charge is 0.306 e. The van der Waals surface area contributed by atoms with Crippen LogP contribution < -0.4 is 0 Å². The molecule has 57 heavy (non-hydrogen) atoms. The van der Waals surface area contributed by atoms with E-state index < -0.39 is 6.10 Å². The molecule has 0 aromatic rings. The summed E-state index contributed by atoms with van der Waals surface area (Å²) in [6.45, 7) is 11.3. The van der Waals surface area contributed by atoms with Crippen molar-refractivity contribution in [1.29, 1.82) is 0 Å². The van der Waals surface area contributed by atoms with E-state index in [4.69, 9.17) is 14.2 Å². The Labute approximate surface area is 355 Å². The molecule has 0 fully saturated rings. The lowest BCUT2D eigenvalue weighted by molar-refractivity contribution is -0.167. The molecular weight excluding hydrogens is 709 g/mol. The summed E-state index contributed by atoms with van der Waals surface area (Å²) in [5, 5.41) is 0. The number of unbranched alkanes of at least 4 members (excludes halogenated alkanes) is 30. The molecule has 338 valence electrons. The van der Waals surface area contributed by atoms with Gasteiger partial charge in [0.15, 0.2) is 6.10 Å². The molecule has 0 N–H and O–H groups in total. The van der Waals surface area contributed by atoms with Crippen LogP contribution in [0.5, 0.6) is 0 Å². The van der Waals surface area contributed by atoms with Crippen molar-refractivity contribution in [2.45, 2.75) is 285 Å². The molecule has 0 unspecified atom stereocenters. The molecule has 0 aromatic carbocycles. The van der Waals surface area contributed by atoms with Gasteiger partial charge in [0.05, 0.1) is 0 Å². The second-order valence-electron chi connectivity index (χ2n) is 18.4. The first kappa shape index (κ1) is 55.4. The van der Waals surface area contributed by atoms with Crippen molar-refractivity contribution in [3.05, 3.63) is 0 Å². The zero-order chi connectivity index (χ0) is 41.9. The molecule has 6 nitrogen and oxygen atoms in total. The molecule has 0 aliphatic heterocycles. The monoisotopic (exact) mass is 807 g/mol. The van der Waals surface area contributed by atoms with E-state index in [0.29, 0.717) is 19.3 Å². The Balaban J connectivity index is 4.11. The maximum Gasteiger partial charge on any atom is 0.306 e. The Morgan fingerprint density at radius 2 is 0.579 bits per heavy atom. The van der Waals surface area contributed by atoms with Crippen LogP contribution in [0.25, 0.3) is 0 Å². The van der Waals surface area contributed by atoms with Crippen LogP contribution in [-0.2, 0) is 28.6 Å². The first-order valence-electron chi connectivity index (χ1n) is 25.2. The molecule has 0 saturated carbocycles. The highest BCUT2D eigenvalue weighted by Gasteiger charge is 2.19. The van der Waals surface area contributed by atoms with E-state index in [0.717, 1.165) is 76.0 Å².